The lowest BCUT2D eigenvalue weighted by molar-refractivity contribution is -0.117. The molecule has 0 unspecified atom stereocenters. The Labute approximate surface area is 166 Å². The van der Waals surface area contributed by atoms with Crippen LogP contribution < -0.4 is 11.1 Å². The van der Waals surface area contributed by atoms with Crippen molar-refractivity contribution in [2.45, 2.75) is 12.8 Å². The summed E-state index contributed by atoms with van der Waals surface area (Å²) in [6, 6.07) is 16.0. The van der Waals surface area contributed by atoms with Crippen LogP contribution in [0.15, 0.2) is 48.5 Å². The Kier molecular flexibility index (Phi) is 7.47. The van der Waals surface area contributed by atoms with Crippen LogP contribution in [0, 0.1) is 12.8 Å². The van der Waals surface area contributed by atoms with Gasteiger partial charge >= 0.3 is 0 Å². The van der Waals surface area contributed by atoms with E-state index in [0.29, 0.717) is 29.9 Å². The molecule has 2 aromatic carbocycles. The molecular formula is C20H25Cl2N3O. The second-order valence-corrected chi connectivity index (χ2v) is 7.07. The highest BCUT2D eigenvalue weighted by atomic mass is 35.5. The molecule has 26 heavy (non-hydrogen) atoms. The van der Waals surface area contributed by atoms with Crippen molar-refractivity contribution < 1.29 is 4.79 Å². The molecule has 3 rings (SSSR count). The van der Waals surface area contributed by atoms with Crippen molar-refractivity contribution in [3.05, 3.63) is 64.7 Å². The number of carbonyl (C=O) groups excluding carboxylic acids is 1. The average Bonchev–Trinajstić information content (AvgIpc) is 3.02. The highest BCUT2D eigenvalue weighted by Gasteiger charge is 2.33. The molecule has 6 heteroatoms. The predicted octanol–water partition coefficient (Wildman–Crippen LogP) is 3.68. The van der Waals surface area contributed by atoms with Crippen molar-refractivity contribution in [2.24, 2.45) is 11.7 Å². The van der Waals surface area contributed by atoms with Gasteiger partial charge in [0.2, 0.25) is 5.91 Å². The summed E-state index contributed by atoms with van der Waals surface area (Å²) < 4.78 is 0. The molecule has 0 saturated carbocycles. The molecule has 4 nitrogen and oxygen atoms in total. The number of nitrogens with zero attached hydrogens (tertiary/aromatic N) is 1. The van der Waals surface area contributed by atoms with E-state index in [-0.39, 0.29) is 18.3 Å². The van der Waals surface area contributed by atoms with E-state index in [4.69, 9.17) is 17.3 Å². The Morgan fingerprint density at radius 2 is 1.92 bits per heavy atom. The van der Waals surface area contributed by atoms with Crippen LogP contribution in [0.4, 0.5) is 5.69 Å². The molecule has 1 amide bonds. The van der Waals surface area contributed by atoms with Crippen molar-refractivity contribution in [3.8, 4) is 0 Å². The SMILES string of the molecule is Cc1c(Cl)cccc1NC(=O)CN1C[C@@H](CN)[C@H](c2ccccc2)C1.Cl. The van der Waals surface area contributed by atoms with Crippen LogP contribution in [-0.2, 0) is 4.79 Å². The maximum Gasteiger partial charge on any atom is 0.238 e. The molecule has 0 aliphatic carbocycles. The number of hydrogen-bond acceptors (Lipinski definition) is 3. The van der Waals surface area contributed by atoms with Gasteiger partial charge in [-0.1, -0.05) is 48.0 Å². The van der Waals surface area contributed by atoms with E-state index < -0.39 is 0 Å². The minimum Gasteiger partial charge on any atom is -0.330 e. The molecule has 1 aliphatic heterocycles. The Morgan fingerprint density at radius 1 is 1.19 bits per heavy atom. The third-order valence-corrected chi connectivity index (χ3v) is 5.37. The number of anilines is 1. The lowest BCUT2D eigenvalue weighted by Crippen LogP contribution is -2.32. The highest BCUT2D eigenvalue weighted by Crippen LogP contribution is 2.32. The van der Waals surface area contributed by atoms with E-state index in [1.165, 1.54) is 5.56 Å². The van der Waals surface area contributed by atoms with Crippen LogP contribution in [0.3, 0.4) is 0 Å². The van der Waals surface area contributed by atoms with E-state index in [9.17, 15) is 4.79 Å². The van der Waals surface area contributed by atoms with Crippen molar-refractivity contribution in [1.29, 1.82) is 0 Å². The van der Waals surface area contributed by atoms with E-state index in [1.54, 1.807) is 0 Å². The highest BCUT2D eigenvalue weighted by molar-refractivity contribution is 6.31. The molecule has 1 aliphatic rings. The first-order valence-corrected chi connectivity index (χ1v) is 8.98. The second-order valence-electron chi connectivity index (χ2n) is 6.67. The van der Waals surface area contributed by atoms with Crippen molar-refractivity contribution in [2.75, 3.05) is 31.5 Å². The molecule has 1 fully saturated rings. The molecule has 2 aromatic rings. The van der Waals surface area contributed by atoms with Crippen LogP contribution >= 0.6 is 24.0 Å². The van der Waals surface area contributed by atoms with Crippen LogP contribution in [0.2, 0.25) is 5.02 Å². The first-order chi connectivity index (χ1) is 12.1. The molecule has 1 saturated heterocycles. The molecule has 0 spiro atoms. The fourth-order valence-electron chi connectivity index (χ4n) is 3.54. The van der Waals surface area contributed by atoms with E-state index in [1.807, 2.05) is 31.2 Å². The lowest BCUT2D eigenvalue weighted by atomic mass is 9.89. The van der Waals surface area contributed by atoms with Gasteiger partial charge in [0, 0.05) is 29.7 Å². The summed E-state index contributed by atoms with van der Waals surface area (Å²) in [5.41, 5.74) is 8.93. The van der Waals surface area contributed by atoms with Crippen LogP contribution in [-0.4, -0.2) is 37.0 Å². The summed E-state index contributed by atoms with van der Waals surface area (Å²) in [4.78, 5) is 14.6. The van der Waals surface area contributed by atoms with Gasteiger partial charge in [0.15, 0.2) is 0 Å². The summed E-state index contributed by atoms with van der Waals surface area (Å²) in [5.74, 6) is 0.741. The number of hydrogen-bond donors (Lipinski definition) is 2. The van der Waals surface area contributed by atoms with Gasteiger partial charge in [0.1, 0.15) is 0 Å². The first-order valence-electron chi connectivity index (χ1n) is 8.61. The summed E-state index contributed by atoms with van der Waals surface area (Å²) >= 11 is 6.12. The van der Waals surface area contributed by atoms with Gasteiger partial charge in [-0.15, -0.1) is 12.4 Å². The van der Waals surface area contributed by atoms with E-state index in [2.05, 4.69) is 34.5 Å². The average molecular weight is 394 g/mol. The van der Waals surface area contributed by atoms with E-state index >= 15 is 0 Å². The molecule has 0 radical (unpaired) electrons. The van der Waals surface area contributed by atoms with Gasteiger partial charge in [-0.3, -0.25) is 9.69 Å². The Morgan fingerprint density at radius 3 is 2.62 bits per heavy atom. The maximum atomic E-state index is 12.4. The normalized spacial score (nSPS) is 19.8. The minimum absolute atomic E-state index is 0. The van der Waals surface area contributed by atoms with Gasteiger partial charge in [0.25, 0.3) is 0 Å². The van der Waals surface area contributed by atoms with Crippen molar-refractivity contribution in [3.63, 3.8) is 0 Å². The molecule has 3 N–H and O–H groups in total. The number of nitrogens with one attached hydrogen (secondary N) is 1. The number of benzene rings is 2. The summed E-state index contributed by atoms with van der Waals surface area (Å²) in [6.45, 7) is 4.60. The van der Waals surface area contributed by atoms with Crippen LogP contribution in [0.1, 0.15) is 17.0 Å². The first kappa shape index (κ1) is 20.7. The van der Waals surface area contributed by atoms with Crippen LogP contribution in [0.25, 0.3) is 0 Å². The largest absolute Gasteiger partial charge is 0.330 e. The Bertz CT molecular complexity index is 739. The van der Waals surface area contributed by atoms with Gasteiger partial charge in [-0.25, -0.2) is 0 Å². The smallest absolute Gasteiger partial charge is 0.238 e. The summed E-state index contributed by atoms with van der Waals surface area (Å²) in [7, 11) is 0. The minimum atomic E-state index is -0.0187. The summed E-state index contributed by atoms with van der Waals surface area (Å²) in [6.07, 6.45) is 0. The second kappa shape index (κ2) is 9.38. The fraction of sp³-hybridized carbons (Fsp3) is 0.350. The van der Waals surface area contributed by atoms with Crippen LogP contribution in [0.5, 0.6) is 0 Å². The number of rotatable bonds is 5. The van der Waals surface area contributed by atoms with Gasteiger partial charge in [-0.2, -0.15) is 0 Å². The molecule has 2 atom stereocenters. The quantitative estimate of drug-likeness (QED) is 0.814. The zero-order valence-electron chi connectivity index (χ0n) is 14.8. The standard InChI is InChI=1S/C20H24ClN3O.ClH/c1-14-18(21)8-5-9-19(14)23-20(25)13-24-11-16(10-22)17(12-24)15-6-3-2-4-7-15;/h2-9,16-17H,10-13,22H2,1H3,(H,23,25);1H/t16-,17+;/m1./s1. The van der Waals surface area contributed by atoms with Gasteiger partial charge in [0.05, 0.1) is 6.54 Å². The lowest BCUT2D eigenvalue weighted by Gasteiger charge is -2.17. The van der Waals surface area contributed by atoms with Gasteiger partial charge in [-0.05, 0) is 42.6 Å². The monoisotopic (exact) mass is 393 g/mol. The Balaban J connectivity index is 0.00000243. The van der Waals surface area contributed by atoms with E-state index in [0.717, 1.165) is 24.3 Å². The predicted molar refractivity (Wildman–Crippen MR) is 110 cm³/mol. The zero-order valence-corrected chi connectivity index (χ0v) is 16.4. The fourth-order valence-corrected chi connectivity index (χ4v) is 3.72. The Hall–Kier alpha value is -1.59. The third kappa shape index (κ3) is 4.77. The van der Waals surface area contributed by atoms with Crippen molar-refractivity contribution in [1.82, 2.24) is 4.90 Å². The molecule has 0 aromatic heterocycles. The number of nitrogens with two attached hydrogens (primary N) is 1. The molecule has 140 valence electrons. The number of halogens is 2. The number of carbonyl (C=O) groups is 1. The third-order valence-electron chi connectivity index (χ3n) is 4.96. The van der Waals surface area contributed by atoms with Gasteiger partial charge < -0.3 is 11.1 Å². The molecule has 1 heterocycles. The van der Waals surface area contributed by atoms with Crippen molar-refractivity contribution >= 4 is 35.6 Å². The summed E-state index contributed by atoms with van der Waals surface area (Å²) in [5, 5.41) is 3.63. The maximum absolute atomic E-state index is 12.4. The topological polar surface area (TPSA) is 58.4 Å². The zero-order chi connectivity index (χ0) is 17.8. The number of likely N-dealkylation sites (tertiary alicyclic amines) is 1. The molecule has 0 bridgehead atoms. The number of amides is 1. The molecular weight excluding hydrogens is 369 g/mol.